The van der Waals surface area contributed by atoms with Gasteiger partial charge in [0.2, 0.25) is 5.91 Å². The van der Waals surface area contributed by atoms with Crippen LogP contribution in [0.1, 0.15) is 28.8 Å². The molecular formula is C13H11NO3. The number of fused-ring (bicyclic) bond motifs is 2. The number of esters is 1. The number of carbonyl (C=O) groups is 2. The Hall–Kier alpha value is -1.84. The van der Waals surface area contributed by atoms with Gasteiger partial charge in [-0.05, 0) is 30.9 Å². The molecule has 2 saturated carbocycles. The van der Waals surface area contributed by atoms with E-state index in [1.165, 1.54) is 0 Å². The number of cyclic esters (lactones) is 1. The minimum absolute atomic E-state index is 0.0421. The second-order valence-electron chi connectivity index (χ2n) is 5.16. The first-order chi connectivity index (χ1) is 8.19. The van der Waals surface area contributed by atoms with E-state index in [9.17, 15) is 9.59 Å². The van der Waals surface area contributed by atoms with Crippen LogP contribution in [0.25, 0.3) is 0 Å². The van der Waals surface area contributed by atoms with Gasteiger partial charge in [-0.2, -0.15) is 0 Å². The van der Waals surface area contributed by atoms with Crippen molar-refractivity contribution in [1.82, 2.24) is 0 Å². The minimum Gasteiger partial charge on any atom is -0.457 e. The molecule has 17 heavy (non-hydrogen) atoms. The van der Waals surface area contributed by atoms with E-state index < -0.39 is 0 Å². The lowest BCUT2D eigenvalue weighted by Crippen LogP contribution is -2.18. The molecule has 2 aliphatic carbocycles. The molecule has 1 N–H and O–H groups in total. The smallest absolute Gasteiger partial charge is 0.338 e. The minimum atomic E-state index is -0.301. The van der Waals surface area contributed by atoms with Crippen molar-refractivity contribution < 1.29 is 14.3 Å². The third-order valence-corrected chi connectivity index (χ3v) is 4.08. The van der Waals surface area contributed by atoms with Gasteiger partial charge in [-0.3, -0.25) is 4.79 Å². The topological polar surface area (TPSA) is 55.4 Å². The third-order valence-electron chi connectivity index (χ3n) is 4.08. The first kappa shape index (κ1) is 9.22. The van der Waals surface area contributed by atoms with Gasteiger partial charge in [0, 0.05) is 11.3 Å². The van der Waals surface area contributed by atoms with Gasteiger partial charge < -0.3 is 10.1 Å². The quantitative estimate of drug-likeness (QED) is 0.785. The van der Waals surface area contributed by atoms with E-state index in [4.69, 9.17) is 4.74 Å². The molecule has 0 saturated heterocycles. The monoisotopic (exact) mass is 229 g/mol. The number of rotatable bonds is 2. The molecule has 1 amide bonds. The molecule has 3 aliphatic rings. The molecular weight excluding hydrogens is 218 g/mol. The zero-order valence-electron chi connectivity index (χ0n) is 9.16. The van der Waals surface area contributed by atoms with Crippen LogP contribution >= 0.6 is 0 Å². The summed E-state index contributed by atoms with van der Waals surface area (Å²) in [5, 5.41) is 2.89. The first-order valence-electron chi connectivity index (χ1n) is 5.80. The molecule has 0 atom stereocenters. The van der Waals surface area contributed by atoms with Gasteiger partial charge >= 0.3 is 5.97 Å². The summed E-state index contributed by atoms with van der Waals surface area (Å²) in [6.45, 7) is 0.342. The van der Waals surface area contributed by atoms with E-state index in [0.717, 1.165) is 18.4 Å². The number of hydrogen-bond acceptors (Lipinski definition) is 3. The molecule has 2 fully saturated rings. The van der Waals surface area contributed by atoms with Crippen molar-refractivity contribution in [3.63, 3.8) is 0 Å². The number of hydrogen-bond donors (Lipinski definition) is 1. The maximum absolute atomic E-state index is 11.9. The van der Waals surface area contributed by atoms with Gasteiger partial charge in [0.15, 0.2) is 0 Å². The predicted octanol–water partition coefficient (Wildman–Crippen LogP) is 1.71. The van der Waals surface area contributed by atoms with E-state index in [1.807, 2.05) is 12.1 Å². The number of carbonyl (C=O) groups excluding carboxylic acids is 2. The molecule has 4 rings (SSSR count). The van der Waals surface area contributed by atoms with Crippen LogP contribution in [0.2, 0.25) is 0 Å². The lowest BCUT2D eigenvalue weighted by Gasteiger charge is -2.07. The fraction of sp³-hybridized carbons (Fsp3) is 0.385. The summed E-state index contributed by atoms with van der Waals surface area (Å²) in [4.78, 5) is 23.3. The second-order valence-corrected chi connectivity index (χ2v) is 5.16. The molecule has 0 radical (unpaired) electrons. The molecule has 1 aliphatic heterocycles. The van der Waals surface area contributed by atoms with Gasteiger partial charge in [0.05, 0.1) is 11.0 Å². The van der Waals surface area contributed by atoms with E-state index >= 15 is 0 Å². The fourth-order valence-electron chi connectivity index (χ4n) is 2.52. The van der Waals surface area contributed by atoms with Crippen LogP contribution in [0.5, 0.6) is 0 Å². The van der Waals surface area contributed by atoms with Crippen LogP contribution in [0.4, 0.5) is 5.69 Å². The Bertz CT molecular complexity index is 558. The van der Waals surface area contributed by atoms with Crippen molar-refractivity contribution in [1.29, 1.82) is 0 Å². The summed E-state index contributed by atoms with van der Waals surface area (Å²) in [6.07, 6.45) is 2.07. The number of benzene rings is 1. The second kappa shape index (κ2) is 2.70. The number of nitrogens with one attached hydrogen (secondary N) is 1. The van der Waals surface area contributed by atoms with Crippen LogP contribution < -0.4 is 5.32 Å². The summed E-state index contributed by atoms with van der Waals surface area (Å²) in [5.41, 5.74) is 2.12. The predicted molar refractivity (Wildman–Crippen MR) is 59.3 cm³/mol. The van der Waals surface area contributed by atoms with Crippen molar-refractivity contribution >= 4 is 17.6 Å². The number of ether oxygens (including phenoxy) is 1. The summed E-state index contributed by atoms with van der Waals surface area (Å²) in [6, 6.07) is 5.37. The zero-order valence-corrected chi connectivity index (χ0v) is 9.16. The van der Waals surface area contributed by atoms with Crippen LogP contribution in [0.3, 0.4) is 0 Å². The fourth-order valence-corrected chi connectivity index (χ4v) is 2.52. The molecule has 1 heterocycles. The maximum atomic E-state index is 11.9. The number of amides is 1. The molecule has 1 aromatic rings. The highest BCUT2D eigenvalue weighted by molar-refractivity contribution is 6.02. The van der Waals surface area contributed by atoms with Crippen LogP contribution in [-0.4, -0.2) is 11.9 Å². The Morgan fingerprint density at radius 3 is 2.88 bits per heavy atom. The summed E-state index contributed by atoms with van der Waals surface area (Å²) < 4.78 is 4.92. The summed E-state index contributed by atoms with van der Waals surface area (Å²) in [5.74, 6) is 0.431. The van der Waals surface area contributed by atoms with Crippen molar-refractivity contribution in [3.8, 4) is 0 Å². The van der Waals surface area contributed by atoms with E-state index in [2.05, 4.69) is 5.32 Å². The lowest BCUT2D eigenvalue weighted by molar-refractivity contribution is -0.119. The molecule has 86 valence electrons. The normalized spacial score (nSPS) is 31.3. The summed E-state index contributed by atoms with van der Waals surface area (Å²) >= 11 is 0. The number of anilines is 1. The van der Waals surface area contributed by atoms with Crippen molar-refractivity contribution in [2.45, 2.75) is 19.4 Å². The van der Waals surface area contributed by atoms with Crippen molar-refractivity contribution in [2.24, 2.45) is 11.3 Å². The van der Waals surface area contributed by atoms with Gasteiger partial charge in [-0.1, -0.05) is 6.07 Å². The highest BCUT2D eigenvalue weighted by Gasteiger charge is 2.74. The zero-order chi connectivity index (χ0) is 11.6. The van der Waals surface area contributed by atoms with Crippen LogP contribution in [0.15, 0.2) is 18.2 Å². The van der Waals surface area contributed by atoms with Gasteiger partial charge in [-0.25, -0.2) is 4.79 Å². The molecule has 4 nitrogen and oxygen atoms in total. The highest BCUT2D eigenvalue weighted by atomic mass is 16.5. The van der Waals surface area contributed by atoms with Gasteiger partial charge in [-0.15, -0.1) is 0 Å². The SMILES string of the molecule is O=C1OCc2ccc(NC(=O)C34CC3C4)cc21. The van der Waals surface area contributed by atoms with E-state index in [-0.39, 0.29) is 17.3 Å². The molecule has 1 aromatic carbocycles. The summed E-state index contributed by atoms with van der Waals surface area (Å²) in [7, 11) is 0. The average molecular weight is 229 g/mol. The average Bonchev–Trinajstić information content (AvgIpc) is 3.13. The highest BCUT2D eigenvalue weighted by Crippen LogP contribution is 2.75. The van der Waals surface area contributed by atoms with Crippen molar-refractivity contribution in [2.75, 3.05) is 5.32 Å². The Balaban J connectivity index is 1.60. The molecule has 0 spiro atoms. The van der Waals surface area contributed by atoms with Gasteiger partial charge in [0.1, 0.15) is 6.61 Å². The van der Waals surface area contributed by atoms with Crippen molar-refractivity contribution in [3.05, 3.63) is 29.3 Å². The maximum Gasteiger partial charge on any atom is 0.338 e. The largest absolute Gasteiger partial charge is 0.457 e. The lowest BCUT2D eigenvalue weighted by atomic mass is 10.1. The Labute approximate surface area is 98.0 Å². The Morgan fingerprint density at radius 2 is 2.18 bits per heavy atom. The molecule has 4 heteroatoms. The molecule has 0 unspecified atom stereocenters. The molecule has 0 bridgehead atoms. The van der Waals surface area contributed by atoms with Crippen LogP contribution in [0, 0.1) is 11.3 Å². The van der Waals surface area contributed by atoms with Crippen LogP contribution in [-0.2, 0) is 16.1 Å². The molecule has 0 aromatic heterocycles. The van der Waals surface area contributed by atoms with Gasteiger partial charge in [0.25, 0.3) is 0 Å². The standard InChI is InChI=1S/C13H11NO3/c15-11-10-3-9(2-1-7(10)6-17-11)14-12(16)13-4-8(13)5-13/h1-3,8H,4-6H2,(H,14,16). The third kappa shape index (κ3) is 1.18. The first-order valence-corrected chi connectivity index (χ1v) is 5.80. The Morgan fingerprint density at radius 1 is 1.41 bits per heavy atom. The van der Waals surface area contributed by atoms with E-state index in [1.54, 1.807) is 6.07 Å². The van der Waals surface area contributed by atoms with E-state index in [0.29, 0.717) is 23.8 Å². The Kier molecular flexibility index (Phi) is 1.46.